The van der Waals surface area contributed by atoms with Crippen LogP contribution in [0.2, 0.25) is 0 Å². The minimum Gasteiger partial charge on any atom is -0.441 e. The van der Waals surface area contributed by atoms with Gasteiger partial charge in [0, 0.05) is 12.5 Å². The van der Waals surface area contributed by atoms with Crippen LogP contribution in [-0.2, 0) is 6.42 Å². The van der Waals surface area contributed by atoms with Gasteiger partial charge in [0.25, 0.3) is 0 Å². The molecule has 0 radical (unpaired) electrons. The number of para-hydroxylation sites is 2. The van der Waals surface area contributed by atoms with Crippen molar-refractivity contribution in [1.29, 1.82) is 0 Å². The van der Waals surface area contributed by atoms with Gasteiger partial charge in [0.1, 0.15) is 5.52 Å². The third kappa shape index (κ3) is 2.86. The number of oxazole rings is 1. The van der Waals surface area contributed by atoms with Gasteiger partial charge < -0.3 is 9.73 Å². The zero-order valence-corrected chi connectivity index (χ0v) is 10.7. The lowest BCUT2D eigenvalue weighted by Gasteiger charge is -2.19. The van der Waals surface area contributed by atoms with Crippen LogP contribution in [-0.4, -0.2) is 17.6 Å². The Kier molecular flexibility index (Phi) is 3.79. The van der Waals surface area contributed by atoms with E-state index in [2.05, 4.69) is 31.1 Å². The molecule has 0 spiro atoms. The second-order valence-electron chi connectivity index (χ2n) is 4.69. The maximum atomic E-state index is 5.74. The Balaban J connectivity index is 2.16. The fraction of sp³-hybridized carbons (Fsp3) is 0.500. The number of fused-ring (bicyclic) bond motifs is 1. The Labute approximate surface area is 102 Å². The third-order valence-corrected chi connectivity index (χ3v) is 3.00. The van der Waals surface area contributed by atoms with Gasteiger partial charge in [0.05, 0.1) is 0 Å². The summed E-state index contributed by atoms with van der Waals surface area (Å²) in [7, 11) is 0. The van der Waals surface area contributed by atoms with Crippen molar-refractivity contribution in [2.75, 3.05) is 6.54 Å². The molecular formula is C14H20N2O. The SMILES string of the molecule is CCNC(Cc1nc2ccccc2o1)C(C)C. The summed E-state index contributed by atoms with van der Waals surface area (Å²) in [6, 6.07) is 8.33. The monoisotopic (exact) mass is 232 g/mol. The number of likely N-dealkylation sites (N-methyl/N-ethyl adjacent to an activating group) is 1. The highest BCUT2D eigenvalue weighted by Gasteiger charge is 2.16. The van der Waals surface area contributed by atoms with E-state index in [0.29, 0.717) is 12.0 Å². The molecule has 1 heterocycles. The molecular weight excluding hydrogens is 212 g/mol. The van der Waals surface area contributed by atoms with Gasteiger partial charge in [-0.25, -0.2) is 4.98 Å². The van der Waals surface area contributed by atoms with E-state index in [9.17, 15) is 0 Å². The van der Waals surface area contributed by atoms with Crippen LogP contribution in [0.4, 0.5) is 0 Å². The average Bonchev–Trinajstić information content (AvgIpc) is 2.70. The summed E-state index contributed by atoms with van der Waals surface area (Å²) in [5, 5.41) is 3.47. The summed E-state index contributed by atoms with van der Waals surface area (Å²) < 4.78 is 5.74. The fourth-order valence-electron chi connectivity index (χ4n) is 2.00. The molecule has 0 aliphatic carbocycles. The van der Waals surface area contributed by atoms with Crippen LogP contribution in [0, 0.1) is 5.92 Å². The van der Waals surface area contributed by atoms with Gasteiger partial charge in [-0.1, -0.05) is 32.9 Å². The number of nitrogens with zero attached hydrogens (tertiary/aromatic N) is 1. The molecule has 1 aromatic heterocycles. The maximum absolute atomic E-state index is 5.74. The van der Waals surface area contributed by atoms with Crippen LogP contribution in [0.5, 0.6) is 0 Å². The molecule has 17 heavy (non-hydrogen) atoms. The Bertz CT molecular complexity index is 443. The average molecular weight is 232 g/mol. The van der Waals surface area contributed by atoms with Gasteiger partial charge in [0.2, 0.25) is 0 Å². The number of nitrogens with one attached hydrogen (secondary N) is 1. The highest BCUT2D eigenvalue weighted by molar-refractivity contribution is 5.72. The molecule has 3 heteroatoms. The molecule has 1 unspecified atom stereocenters. The fourth-order valence-corrected chi connectivity index (χ4v) is 2.00. The van der Waals surface area contributed by atoms with Crippen molar-refractivity contribution in [3.63, 3.8) is 0 Å². The van der Waals surface area contributed by atoms with Gasteiger partial charge >= 0.3 is 0 Å². The molecule has 0 saturated carbocycles. The summed E-state index contributed by atoms with van der Waals surface area (Å²) in [4.78, 5) is 4.51. The van der Waals surface area contributed by atoms with E-state index in [1.54, 1.807) is 0 Å². The van der Waals surface area contributed by atoms with Crippen molar-refractivity contribution in [2.45, 2.75) is 33.2 Å². The molecule has 0 bridgehead atoms. The standard InChI is InChI=1S/C14H20N2O/c1-4-15-12(10(2)3)9-14-16-11-7-5-6-8-13(11)17-14/h5-8,10,12,15H,4,9H2,1-3H3. The largest absolute Gasteiger partial charge is 0.441 e. The van der Waals surface area contributed by atoms with Gasteiger partial charge in [0.15, 0.2) is 11.5 Å². The summed E-state index contributed by atoms with van der Waals surface area (Å²) in [5.41, 5.74) is 1.82. The first-order valence-electron chi connectivity index (χ1n) is 6.28. The molecule has 2 aromatic rings. The molecule has 1 aromatic carbocycles. The quantitative estimate of drug-likeness (QED) is 0.861. The van der Waals surface area contributed by atoms with Crippen molar-refractivity contribution >= 4 is 11.1 Å². The van der Waals surface area contributed by atoms with Crippen molar-refractivity contribution in [3.05, 3.63) is 30.2 Å². The molecule has 1 N–H and O–H groups in total. The number of rotatable bonds is 5. The summed E-state index contributed by atoms with van der Waals surface area (Å²) in [6.45, 7) is 7.54. The Hall–Kier alpha value is -1.35. The number of aromatic nitrogens is 1. The number of benzene rings is 1. The summed E-state index contributed by atoms with van der Waals surface area (Å²) in [5.74, 6) is 1.40. The minimum absolute atomic E-state index is 0.424. The lowest BCUT2D eigenvalue weighted by molar-refractivity contribution is 0.373. The summed E-state index contributed by atoms with van der Waals surface area (Å²) in [6.07, 6.45) is 0.847. The molecule has 0 fully saturated rings. The van der Waals surface area contributed by atoms with Gasteiger partial charge in [-0.15, -0.1) is 0 Å². The first-order valence-corrected chi connectivity index (χ1v) is 6.28. The Morgan fingerprint density at radius 2 is 2.06 bits per heavy atom. The molecule has 0 aliphatic rings. The molecule has 0 aliphatic heterocycles. The van der Waals surface area contributed by atoms with Crippen molar-refractivity contribution in [1.82, 2.24) is 10.3 Å². The first kappa shape index (κ1) is 12.1. The molecule has 0 amide bonds. The van der Waals surface area contributed by atoms with E-state index in [1.807, 2.05) is 24.3 Å². The van der Waals surface area contributed by atoms with Crippen molar-refractivity contribution < 1.29 is 4.42 Å². The molecule has 92 valence electrons. The van der Waals surface area contributed by atoms with Gasteiger partial charge in [-0.3, -0.25) is 0 Å². The van der Waals surface area contributed by atoms with E-state index in [4.69, 9.17) is 4.42 Å². The summed E-state index contributed by atoms with van der Waals surface area (Å²) >= 11 is 0. The van der Waals surface area contributed by atoms with Crippen LogP contribution in [0.15, 0.2) is 28.7 Å². The van der Waals surface area contributed by atoms with E-state index < -0.39 is 0 Å². The smallest absolute Gasteiger partial charge is 0.197 e. The highest BCUT2D eigenvalue weighted by atomic mass is 16.3. The van der Waals surface area contributed by atoms with Gasteiger partial charge in [-0.2, -0.15) is 0 Å². The first-order chi connectivity index (χ1) is 8.20. The third-order valence-electron chi connectivity index (χ3n) is 3.00. The molecule has 3 nitrogen and oxygen atoms in total. The van der Waals surface area contributed by atoms with Crippen molar-refractivity contribution in [2.24, 2.45) is 5.92 Å². The topological polar surface area (TPSA) is 38.1 Å². The lowest BCUT2D eigenvalue weighted by Crippen LogP contribution is -2.35. The van der Waals surface area contributed by atoms with E-state index in [1.165, 1.54) is 0 Å². The minimum atomic E-state index is 0.424. The van der Waals surface area contributed by atoms with Gasteiger partial charge in [-0.05, 0) is 24.6 Å². The normalized spacial score (nSPS) is 13.4. The number of hydrogen-bond donors (Lipinski definition) is 1. The zero-order valence-electron chi connectivity index (χ0n) is 10.7. The van der Waals surface area contributed by atoms with Crippen LogP contribution in [0.3, 0.4) is 0 Å². The second kappa shape index (κ2) is 5.32. The van der Waals surface area contributed by atoms with E-state index in [0.717, 1.165) is 30.0 Å². The molecule has 0 saturated heterocycles. The Morgan fingerprint density at radius 1 is 1.29 bits per heavy atom. The predicted molar refractivity (Wildman–Crippen MR) is 70.0 cm³/mol. The van der Waals surface area contributed by atoms with Crippen LogP contribution >= 0.6 is 0 Å². The Morgan fingerprint density at radius 3 is 2.71 bits per heavy atom. The molecule has 2 rings (SSSR count). The predicted octanol–water partition coefficient (Wildman–Crippen LogP) is 3.00. The lowest BCUT2D eigenvalue weighted by atomic mass is 10.0. The zero-order chi connectivity index (χ0) is 12.3. The van der Waals surface area contributed by atoms with Crippen molar-refractivity contribution in [3.8, 4) is 0 Å². The molecule has 1 atom stereocenters. The van der Waals surface area contributed by atoms with E-state index >= 15 is 0 Å². The maximum Gasteiger partial charge on any atom is 0.197 e. The van der Waals surface area contributed by atoms with Crippen LogP contribution < -0.4 is 5.32 Å². The second-order valence-corrected chi connectivity index (χ2v) is 4.69. The van der Waals surface area contributed by atoms with Crippen LogP contribution in [0.1, 0.15) is 26.7 Å². The highest BCUT2D eigenvalue weighted by Crippen LogP contribution is 2.17. The number of hydrogen-bond acceptors (Lipinski definition) is 3. The van der Waals surface area contributed by atoms with E-state index in [-0.39, 0.29) is 0 Å². The van der Waals surface area contributed by atoms with Crippen LogP contribution in [0.25, 0.3) is 11.1 Å².